The Morgan fingerprint density at radius 2 is 1.09 bits per heavy atom. The van der Waals surface area contributed by atoms with Crippen LogP contribution in [0.3, 0.4) is 0 Å². The zero-order valence-electron chi connectivity index (χ0n) is 21.2. The molecule has 3 heteroatoms. The van der Waals surface area contributed by atoms with Crippen molar-refractivity contribution < 1.29 is 9.53 Å². The van der Waals surface area contributed by atoms with Crippen LogP contribution in [0, 0.1) is 0 Å². The van der Waals surface area contributed by atoms with E-state index in [-0.39, 0.29) is 5.97 Å². The summed E-state index contributed by atoms with van der Waals surface area (Å²) in [5.74, 6) is -0.0540. The van der Waals surface area contributed by atoms with E-state index in [1.54, 1.807) is 0 Å². The van der Waals surface area contributed by atoms with Crippen molar-refractivity contribution in [3.05, 3.63) is 102 Å². The Bertz CT molecular complexity index is 903. The zero-order valence-corrected chi connectivity index (χ0v) is 23.3. The molecule has 0 spiro atoms. The average Bonchev–Trinajstić information content (AvgIpc) is 2.91. The average molecular weight is 529 g/mol. The van der Waals surface area contributed by atoms with Crippen molar-refractivity contribution in [2.45, 2.75) is 64.7 Å². The molecule has 0 N–H and O–H groups in total. The SMILES string of the molecule is CCOC(=O)CCCCCCCCC/C=[CH]\[Ge]([c]1ccccc1)([c]1ccccc1)[c]1ccccc1. The Morgan fingerprint density at radius 3 is 1.54 bits per heavy atom. The molecular formula is C32H40GeO2. The Morgan fingerprint density at radius 1 is 0.657 bits per heavy atom. The molecule has 0 radical (unpaired) electrons. The molecule has 0 saturated carbocycles. The van der Waals surface area contributed by atoms with Gasteiger partial charge in [0.2, 0.25) is 0 Å². The minimum absolute atomic E-state index is 0.0540. The maximum absolute atomic E-state index is 11.4. The van der Waals surface area contributed by atoms with Gasteiger partial charge < -0.3 is 4.74 Å². The molecule has 35 heavy (non-hydrogen) atoms. The van der Waals surface area contributed by atoms with Gasteiger partial charge in [0.1, 0.15) is 0 Å². The Hall–Kier alpha value is -2.59. The van der Waals surface area contributed by atoms with Crippen molar-refractivity contribution in [1.82, 2.24) is 0 Å². The summed E-state index contributed by atoms with van der Waals surface area (Å²) in [5.41, 5.74) is 0. The van der Waals surface area contributed by atoms with Crippen molar-refractivity contribution in [3.63, 3.8) is 0 Å². The van der Waals surface area contributed by atoms with E-state index in [0.717, 1.165) is 19.3 Å². The second-order valence-electron chi connectivity index (χ2n) is 9.13. The number of allylic oxidation sites excluding steroid dienone is 1. The third-order valence-electron chi connectivity index (χ3n) is 6.61. The van der Waals surface area contributed by atoms with Gasteiger partial charge in [-0.15, -0.1) is 0 Å². The predicted molar refractivity (Wildman–Crippen MR) is 151 cm³/mol. The second-order valence-corrected chi connectivity index (χ2v) is 16.9. The molecule has 0 fully saturated rings. The molecule has 0 aromatic heterocycles. The van der Waals surface area contributed by atoms with Crippen molar-refractivity contribution in [2.24, 2.45) is 0 Å². The summed E-state index contributed by atoms with van der Waals surface area (Å²) < 4.78 is 9.42. The summed E-state index contributed by atoms with van der Waals surface area (Å²) in [5, 5.41) is 0. The van der Waals surface area contributed by atoms with E-state index in [1.165, 1.54) is 45.3 Å². The van der Waals surface area contributed by atoms with Crippen LogP contribution < -0.4 is 13.2 Å². The first-order valence-corrected chi connectivity index (χ1v) is 17.6. The van der Waals surface area contributed by atoms with Crippen LogP contribution in [0.4, 0.5) is 0 Å². The first-order valence-electron chi connectivity index (χ1n) is 13.3. The molecule has 0 aliphatic carbocycles. The fourth-order valence-electron chi connectivity index (χ4n) is 4.80. The van der Waals surface area contributed by atoms with Gasteiger partial charge in [-0.05, 0) is 6.92 Å². The zero-order chi connectivity index (χ0) is 24.6. The Balaban J connectivity index is 1.58. The van der Waals surface area contributed by atoms with Gasteiger partial charge in [0.05, 0.1) is 6.61 Å². The summed E-state index contributed by atoms with van der Waals surface area (Å²) >= 11 is -2.93. The van der Waals surface area contributed by atoms with Crippen LogP contribution >= 0.6 is 0 Å². The topological polar surface area (TPSA) is 26.3 Å². The van der Waals surface area contributed by atoms with Crippen molar-refractivity contribution >= 4 is 32.4 Å². The van der Waals surface area contributed by atoms with E-state index >= 15 is 0 Å². The van der Waals surface area contributed by atoms with Crippen molar-refractivity contribution in [1.29, 1.82) is 0 Å². The molecule has 0 amide bonds. The number of unbranched alkanes of at least 4 members (excludes halogenated alkanes) is 7. The fourth-order valence-corrected chi connectivity index (χ4v) is 13.7. The number of hydrogen-bond donors (Lipinski definition) is 0. The Labute approximate surface area is 214 Å². The standard InChI is InChI=1S/C32H40GeO2/c1-2-35-32(34)27-19-8-6-4-3-5-7-9-20-28-33(29-21-13-10-14-22-29,30-23-15-11-16-24-30)31-25-17-12-18-26-31/h10-18,20-26,28H,2-9,19,27H2,1H3/b28-20-. The first kappa shape index (κ1) is 27.0. The summed E-state index contributed by atoms with van der Waals surface area (Å²) in [6.07, 6.45) is 12.5. The van der Waals surface area contributed by atoms with Crippen molar-refractivity contribution in [2.75, 3.05) is 6.61 Å². The van der Waals surface area contributed by atoms with Crippen molar-refractivity contribution in [3.8, 4) is 0 Å². The van der Waals surface area contributed by atoms with Gasteiger partial charge in [-0.3, -0.25) is 4.79 Å². The molecule has 0 unspecified atom stereocenters. The molecule has 0 bridgehead atoms. The number of ether oxygens (including phenoxy) is 1. The third-order valence-corrected chi connectivity index (χ3v) is 16.0. The second kappa shape index (κ2) is 15.4. The van der Waals surface area contributed by atoms with Crippen LogP contribution in [0.2, 0.25) is 0 Å². The van der Waals surface area contributed by atoms with Gasteiger partial charge in [-0.25, -0.2) is 0 Å². The molecule has 0 atom stereocenters. The van der Waals surface area contributed by atoms with Gasteiger partial charge in [-0.1, -0.05) is 0 Å². The van der Waals surface area contributed by atoms with Gasteiger partial charge >= 0.3 is 192 Å². The van der Waals surface area contributed by atoms with E-state index in [9.17, 15) is 4.79 Å². The van der Waals surface area contributed by atoms with Crippen LogP contribution in [-0.4, -0.2) is 25.8 Å². The summed E-state index contributed by atoms with van der Waals surface area (Å²) in [7, 11) is 0. The molecule has 0 aliphatic heterocycles. The molecule has 2 nitrogen and oxygen atoms in total. The van der Waals surface area contributed by atoms with E-state index in [1.807, 2.05) is 6.92 Å². The number of esters is 1. The summed E-state index contributed by atoms with van der Waals surface area (Å²) in [6.45, 7) is 2.35. The van der Waals surface area contributed by atoms with Crippen LogP contribution in [-0.2, 0) is 9.53 Å². The fraction of sp³-hybridized carbons (Fsp3) is 0.344. The third kappa shape index (κ3) is 8.24. The first-order chi connectivity index (χ1) is 17.3. The molecule has 0 heterocycles. The van der Waals surface area contributed by atoms with Crippen LogP contribution in [0.15, 0.2) is 102 Å². The normalized spacial score (nSPS) is 11.6. The maximum atomic E-state index is 11.4. The summed E-state index contributed by atoms with van der Waals surface area (Å²) in [6, 6.07) is 33.4. The number of carbonyl (C=O) groups excluding carboxylic acids is 1. The number of hydrogen-bond acceptors (Lipinski definition) is 2. The van der Waals surface area contributed by atoms with Crippen LogP contribution in [0.25, 0.3) is 0 Å². The van der Waals surface area contributed by atoms with Gasteiger partial charge in [0.15, 0.2) is 0 Å². The predicted octanol–water partition coefficient (Wildman–Crippen LogP) is 6.33. The molecule has 3 rings (SSSR count). The summed E-state index contributed by atoms with van der Waals surface area (Å²) in [4.78, 5) is 14.0. The molecule has 0 saturated heterocycles. The molecule has 184 valence electrons. The van der Waals surface area contributed by atoms with E-state index in [0.29, 0.717) is 13.0 Å². The number of rotatable bonds is 15. The number of benzene rings is 3. The van der Waals surface area contributed by atoms with Gasteiger partial charge in [0.25, 0.3) is 0 Å². The minimum atomic E-state index is -2.93. The number of carbonyl (C=O) groups is 1. The van der Waals surface area contributed by atoms with E-state index in [2.05, 4.69) is 102 Å². The monoisotopic (exact) mass is 530 g/mol. The van der Waals surface area contributed by atoms with Crippen LogP contribution in [0.5, 0.6) is 0 Å². The van der Waals surface area contributed by atoms with E-state index < -0.39 is 13.3 Å². The van der Waals surface area contributed by atoms with E-state index in [4.69, 9.17) is 4.74 Å². The molecule has 3 aromatic carbocycles. The Kier molecular flexibility index (Phi) is 11.9. The molecular weight excluding hydrogens is 489 g/mol. The van der Waals surface area contributed by atoms with Crippen LogP contribution in [0.1, 0.15) is 64.7 Å². The van der Waals surface area contributed by atoms with Gasteiger partial charge in [0, 0.05) is 0 Å². The molecule has 3 aromatic rings. The van der Waals surface area contributed by atoms with Gasteiger partial charge in [-0.2, -0.15) is 0 Å². The molecule has 0 aliphatic rings. The quantitative estimate of drug-likeness (QED) is 0.131.